The highest BCUT2D eigenvalue weighted by molar-refractivity contribution is 9.10. The minimum absolute atomic E-state index is 0.0409. The van der Waals surface area contributed by atoms with Gasteiger partial charge in [-0.1, -0.05) is 48.5 Å². The Labute approximate surface area is 207 Å². The molecule has 4 rings (SSSR count). The summed E-state index contributed by atoms with van der Waals surface area (Å²) in [6, 6.07) is 15.8. The van der Waals surface area contributed by atoms with Gasteiger partial charge in [0.2, 0.25) is 5.91 Å². The van der Waals surface area contributed by atoms with Crippen molar-refractivity contribution < 1.29 is 33.0 Å². The summed E-state index contributed by atoms with van der Waals surface area (Å²) in [5.74, 6) is -4.55. The number of carbonyl (C=O) groups excluding carboxylic acids is 2. The normalized spacial score (nSPS) is 12.9. The number of carboxylic acids is 1. The van der Waals surface area contributed by atoms with E-state index < -0.39 is 46.5 Å². The number of fused-ring (bicyclic) bond motifs is 3. The van der Waals surface area contributed by atoms with Crippen LogP contribution in [0.25, 0.3) is 11.1 Å². The number of benzene rings is 3. The molecular formula is C25H19BrF2N2O5. The fourth-order valence-corrected chi connectivity index (χ4v) is 4.35. The summed E-state index contributed by atoms with van der Waals surface area (Å²) in [7, 11) is 0. The molecule has 0 aliphatic heterocycles. The maximum Gasteiger partial charge on any atom is 0.407 e. The van der Waals surface area contributed by atoms with Crippen molar-refractivity contribution in [1.29, 1.82) is 0 Å². The Morgan fingerprint density at radius 3 is 2.17 bits per heavy atom. The number of aliphatic carboxylic acids is 1. The van der Waals surface area contributed by atoms with Crippen LogP contribution in [0.2, 0.25) is 0 Å². The van der Waals surface area contributed by atoms with Gasteiger partial charge < -0.3 is 20.5 Å². The number of alkyl carbamates (subject to hydrolysis) is 1. The minimum atomic E-state index is -1.56. The fraction of sp³-hybridized carbons (Fsp3) is 0.160. The van der Waals surface area contributed by atoms with Crippen LogP contribution >= 0.6 is 15.9 Å². The van der Waals surface area contributed by atoms with E-state index in [1.807, 2.05) is 48.5 Å². The van der Waals surface area contributed by atoms with Gasteiger partial charge in [0.05, 0.1) is 16.6 Å². The number of hydrogen-bond acceptors (Lipinski definition) is 4. The third kappa shape index (κ3) is 5.17. The van der Waals surface area contributed by atoms with E-state index in [4.69, 9.17) is 9.84 Å². The molecule has 3 N–H and O–H groups in total. The highest BCUT2D eigenvalue weighted by Crippen LogP contribution is 2.44. The number of carbonyl (C=O) groups is 3. The Kier molecular flexibility index (Phi) is 7.11. The average molecular weight is 545 g/mol. The van der Waals surface area contributed by atoms with Crippen LogP contribution in [-0.2, 0) is 14.3 Å². The number of halogens is 3. The Balaban J connectivity index is 1.45. The number of nitrogens with one attached hydrogen (secondary N) is 2. The Hall–Kier alpha value is -3.79. The van der Waals surface area contributed by atoms with Crippen LogP contribution in [0.5, 0.6) is 0 Å². The highest BCUT2D eigenvalue weighted by atomic mass is 79.9. The van der Waals surface area contributed by atoms with E-state index in [9.17, 15) is 23.2 Å². The summed E-state index contributed by atoms with van der Waals surface area (Å²) >= 11 is 2.73. The van der Waals surface area contributed by atoms with Crippen LogP contribution in [0, 0.1) is 11.6 Å². The van der Waals surface area contributed by atoms with E-state index >= 15 is 0 Å². The van der Waals surface area contributed by atoms with E-state index in [2.05, 4.69) is 26.6 Å². The number of carboxylic acid groups (broad SMARTS) is 1. The topological polar surface area (TPSA) is 105 Å². The van der Waals surface area contributed by atoms with Crippen LogP contribution in [0.3, 0.4) is 0 Å². The molecule has 35 heavy (non-hydrogen) atoms. The molecule has 1 aliphatic rings. The number of amides is 2. The lowest BCUT2D eigenvalue weighted by molar-refractivity contribution is -0.139. The summed E-state index contributed by atoms with van der Waals surface area (Å²) in [5.41, 5.74) is 3.66. The van der Waals surface area contributed by atoms with Crippen molar-refractivity contribution in [1.82, 2.24) is 5.32 Å². The molecule has 3 aromatic carbocycles. The zero-order chi connectivity index (χ0) is 25.1. The summed E-state index contributed by atoms with van der Waals surface area (Å²) in [6.45, 7) is -0.0409. The monoisotopic (exact) mass is 544 g/mol. The lowest BCUT2D eigenvalue weighted by Gasteiger charge is -2.19. The largest absolute Gasteiger partial charge is 0.481 e. The molecule has 10 heteroatoms. The number of ether oxygens (including phenoxy) is 1. The first-order valence-electron chi connectivity index (χ1n) is 10.5. The van der Waals surface area contributed by atoms with E-state index in [0.29, 0.717) is 0 Å². The second-order valence-electron chi connectivity index (χ2n) is 7.83. The van der Waals surface area contributed by atoms with E-state index in [1.165, 1.54) is 0 Å². The maximum atomic E-state index is 14.2. The van der Waals surface area contributed by atoms with Gasteiger partial charge in [-0.3, -0.25) is 9.59 Å². The Morgan fingerprint density at radius 2 is 1.57 bits per heavy atom. The van der Waals surface area contributed by atoms with Crippen molar-refractivity contribution in [2.45, 2.75) is 18.4 Å². The SMILES string of the molecule is O=C(O)CC(NC(=O)OCC1c2ccccc2-c2ccccc21)C(=O)Nc1ccc(F)c(Br)c1F. The number of hydrogen-bond donors (Lipinski definition) is 3. The molecule has 0 fully saturated rings. The molecule has 0 saturated heterocycles. The molecule has 1 unspecified atom stereocenters. The van der Waals surface area contributed by atoms with Crippen molar-refractivity contribution in [2.75, 3.05) is 11.9 Å². The average Bonchev–Trinajstić information content (AvgIpc) is 3.16. The second-order valence-corrected chi connectivity index (χ2v) is 8.63. The van der Waals surface area contributed by atoms with Crippen molar-refractivity contribution >= 4 is 39.6 Å². The molecule has 3 aromatic rings. The molecule has 0 spiro atoms. The highest BCUT2D eigenvalue weighted by Gasteiger charge is 2.30. The van der Waals surface area contributed by atoms with E-state index in [1.54, 1.807) is 0 Å². The fourth-order valence-electron chi connectivity index (χ4n) is 4.01. The third-order valence-electron chi connectivity index (χ3n) is 5.62. The van der Waals surface area contributed by atoms with Gasteiger partial charge >= 0.3 is 12.1 Å². The van der Waals surface area contributed by atoms with Gasteiger partial charge in [0.15, 0.2) is 5.82 Å². The predicted molar refractivity (Wildman–Crippen MR) is 127 cm³/mol. The van der Waals surface area contributed by atoms with Gasteiger partial charge in [-0.05, 0) is 50.3 Å². The lowest BCUT2D eigenvalue weighted by atomic mass is 9.98. The first kappa shape index (κ1) is 24.3. The molecule has 0 aromatic heterocycles. The summed E-state index contributed by atoms with van der Waals surface area (Å²) in [4.78, 5) is 36.4. The zero-order valence-corrected chi connectivity index (χ0v) is 19.6. The molecule has 0 radical (unpaired) electrons. The van der Waals surface area contributed by atoms with E-state index in [0.717, 1.165) is 34.4 Å². The summed E-state index contributed by atoms with van der Waals surface area (Å²) < 4.78 is 32.5. The molecule has 0 heterocycles. The Morgan fingerprint density at radius 1 is 0.971 bits per heavy atom. The van der Waals surface area contributed by atoms with Gasteiger partial charge in [0.25, 0.3) is 0 Å². The van der Waals surface area contributed by atoms with Crippen molar-refractivity contribution in [3.63, 3.8) is 0 Å². The third-order valence-corrected chi connectivity index (χ3v) is 6.35. The summed E-state index contributed by atoms with van der Waals surface area (Å²) in [5, 5.41) is 13.6. The van der Waals surface area contributed by atoms with Crippen molar-refractivity contribution in [2.24, 2.45) is 0 Å². The molecule has 0 bridgehead atoms. The van der Waals surface area contributed by atoms with E-state index in [-0.39, 0.29) is 18.2 Å². The molecule has 2 amide bonds. The second kappa shape index (κ2) is 10.2. The quantitative estimate of drug-likeness (QED) is 0.361. The van der Waals surface area contributed by atoms with Gasteiger partial charge in [0, 0.05) is 5.92 Å². The molecule has 7 nitrogen and oxygen atoms in total. The number of rotatable bonds is 7. The zero-order valence-electron chi connectivity index (χ0n) is 18.1. The van der Waals surface area contributed by atoms with Crippen LogP contribution in [0.4, 0.5) is 19.3 Å². The van der Waals surface area contributed by atoms with Crippen molar-refractivity contribution in [3.05, 3.63) is 87.9 Å². The van der Waals surface area contributed by atoms with Crippen LogP contribution in [-0.4, -0.2) is 35.7 Å². The smallest absolute Gasteiger partial charge is 0.407 e. The molecule has 1 aliphatic carbocycles. The van der Waals surface area contributed by atoms with Gasteiger partial charge in [-0.15, -0.1) is 0 Å². The molecular weight excluding hydrogens is 526 g/mol. The van der Waals surface area contributed by atoms with Crippen LogP contribution in [0.15, 0.2) is 65.1 Å². The number of anilines is 1. The van der Waals surface area contributed by atoms with Gasteiger partial charge in [-0.25, -0.2) is 13.6 Å². The molecule has 1 atom stereocenters. The van der Waals surface area contributed by atoms with Crippen LogP contribution < -0.4 is 10.6 Å². The molecule has 180 valence electrons. The maximum absolute atomic E-state index is 14.2. The summed E-state index contributed by atoms with van der Waals surface area (Å²) in [6.07, 6.45) is -1.78. The first-order valence-corrected chi connectivity index (χ1v) is 11.3. The predicted octanol–water partition coefficient (Wildman–Crippen LogP) is 5.05. The van der Waals surface area contributed by atoms with Gasteiger partial charge in [0.1, 0.15) is 18.5 Å². The first-order chi connectivity index (χ1) is 16.8. The van der Waals surface area contributed by atoms with Crippen LogP contribution in [0.1, 0.15) is 23.5 Å². The Bertz CT molecular complexity index is 1270. The lowest BCUT2D eigenvalue weighted by Crippen LogP contribution is -2.45. The minimum Gasteiger partial charge on any atom is -0.481 e. The van der Waals surface area contributed by atoms with Crippen molar-refractivity contribution in [3.8, 4) is 11.1 Å². The standard InChI is InChI=1S/C25H19BrF2N2O5/c26-22-18(27)9-10-19(23(22)28)29-24(33)20(11-21(31)32)30-25(34)35-12-17-15-7-3-1-5-13(15)14-6-2-4-8-16(14)17/h1-10,17,20H,11-12H2,(H,29,33)(H,30,34)(H,31,32). The molecule has 0 saturated carbocycles. The van der Waals surface area contributed by atoms with Gasteiger partial charge in [-0.2, -0.15) is 0 Å².